The molecule has 0 aromatic rings. The minimum Gasteiger partial charge on any atom is -0.391 e. The van der Waals surface area contributed by atoms with E-state index in [-0.39, 0.29) is 17.9 Å². The van der Waals surface area contributed by atoms with E-state index in [2.05, 4.69) is 12.2 Å². The molecule has 1 heterocycles. The zero-order valence-electron chi connectivity index (χ0n) is 21.6. The predicted octanol–water partition coefficient (Wildman–Crippen LogP) is 5.36. The number of hydrogen-bond acceptors (Lipinski definition) is 4. The van der Waals surface area contributed by atoms with Crippen LogP contribution in [-0.2, 0) is 14.3 Å². The molecular weight excluding hydrogens is 416 g/mol. The van der Waals surface area contributed by atoms with Gasteiger partial charge in [-0.3, -0.25) is 9.59 Å². The molecule has 6 heteroatoms. The molecule has 0 saturated carbocycles. The first-order chi connectivity index (χ1) is 16.1. The molecule has 194 valence electrons. The van der Waals surface area contributed by atoms with Gasteiger partial charge in [-0.1, -0.05) is 77.6 Å². The Balaban J connectivity index is 1.92. The quantitative estimate of drug-likeness (QED) is 0.222. The minimum absolute atomic E-state index is 0.00212. The van der Waals surface area contributed by atoms with Crippen LogP contribution in [0.25, 0.3) is 0 Å². The third-order valence-electron chi connectivity index (χ3n) is 6.62. The molecule has 2 amide bonds. The lowest BCUT2D eigenvalue weighted by molar-refractivity contribution is -0.133. The zero-order chi connectivity index (χ0) is 24.2. The molecule has 2 atom stereocenters. The van der Waals surface area contributed by atoms with Crippen LogP contribution >= 0.6 is 0 Å². The summed E-state index contributed by atoms with van der Waals surface area (Å²) in [6.45, 7) is 6.44. The number of carbonyl (C=O) groups is 2. The van der Waals surface area contributed by atoms with Crippen molar-refractivity contribution in [1.29, 1.82) is 0 Å². The number of ether oxygens (including phenoxy) is 1. The van der Waals surface area contributed by atoms with E-state index in [1.807, 2.05) is 6.92 Å². The predicted molar refractivity (Wildman–Crippen MR) is 135 cm³/mol. The minimum atomic E-state index is -0.435. The van der Waals surface area contributed by atoms with Crippen LogP contribution in [0, 0.1) is 0 Å². The van der Waals surface area contributed by atoms with Crippen molar-refractivity contribution < 1.29 is 19.4 Å². The lowest BCUT2D eigenvalue weighted by Crippen LogP contribution is -2.38. The van der Waals surface area contributed by atoms with Crippen molar-refractivity contribution in [3.8, 4) is 0 Å². The Bertz CT molecular complexity index is 501. The molecule has 0 bridgehead atoms. The molecule has 0 radical (unpaired) electrons. The van der Waals surface area contributed by atoms with E-state index in [4.69, 9.17) is 4.74 Å². The van der Waals surface area contributed by atoms with Gasteiger partial charge in [-0.2, -0.15) is 0 Å². The number of rotatable bonds is 21. The largest absolute Gasteiger partial charge is 0.391 e. The molecule has 0 aromatic heterocycles. The fourth-order valence-electron chi connectivity index (χ4n) is 4.60. The molecule has 1 saturated heterocycles. The standard InChI is InChI=1S/C27H52N2O4/c1-3-5-6-7-8-9-10-11-12-13-15-18-26(31)28-20-17-14-16-19-27(32)29-22-25(30)21-24(29)23-33-4-2/h24-25,30H,3-23H2,1-2H3,(H,28,31)/t24-,25+/m0/s1. The van der Waals surface area contributed by atoms with E-state index in [1.54, 1.807) is 4.90 Å². The third-order valence-corrected chi connectivity index (χ3v) is 6.62. The molecule has 1 rings (SSSR count). The summed E-state index contributed by atoms with van der Waals surface area (Å²) < 4.78 is 5.45. The van der Waals surface area contributed by atoms with Gasteiger partial charge in [0.25, 0.3) is 0 Å². The summed E-state index contributed by atoms with van der Waals surface area (Å²) in [4.78, 5) is 26.2. The summed E-state index contributed by atoms with van der Waals surface area (Å²) in [6.07, 6.45) is 18.2. The number of nitrogens with one attached hydrogen (secondary N) is 1. The molecule has 1 aliphatic rings. The number of hydrogen-bond donors (Lipinski definition) is 2. The van der Waals surface area contributed by atoms with Crippen LogP contribution in [0.2, 0.25) is 0 Å². The van der Waals surface area contributed by atoms with Gasteiger partial charge < -0.3 is 20.1 Å². The molecule has 33 heavy (non-hydrogen) atoms. The first-order valence-electron chi connectivity index (χ1n) is 13.9. The SMILES string of the molecule is CCCCCCCCCCCCCC(=O)NCCCCCC(=O)N1C[C@H](O)C[C@H]1COCC. The molecule has 0 aliphatic carbocycles. The van der Waals surface area contributed by atoms with E-state index in [1.165, 1.54) is 57.8 Å². The summed E-state index contributed by atoms with van der Waals surface area (Å²) in [5.41, 5.74) is 0. The normalized spacial score (nSPS) is 18.1. The Hall–Kier alpha value is -1.14. The van der Waals surface area contributed by atoms with Crippen molar-refractivity contribution in [3.63, 3.8) is 0 Å². The van der Waals surface area contributed by atoms with E-state index < -0.39 is 6.10 Å². The van der Waals surface area contributed by atoms with Crippen LogP contribution in [0.5, 0.6) is 0 Å². The number of unbranched alkanes of at least 4 members (excludes halogenated alkanes) is 12. The van der Waals surface area contributed by atoms with Crippen LogP contribution in [-0.4, -0.2) is 60.3 Å². The van der Waals surface area contributed by atoms with Gasteiger partial charge in [-0.15, -0.1) is 0 Å². The first-order valence-corrected chi connectivity index (χ1v) is 13.9. The number of aliphatic hydroxyl groups is 1. The molecule has 6 nitrogen and oxygen atoms in total. The summed E-state index contributed by atoms with van der Waals surface area (Å²) in [5.74, 6) is 0.267. The molecule has 0 aromatic carbocycles. The monoisotopic (exact) mass is 468 g/mol. The maximum Gasteiger partial charge on any atom is 0.222 e. The molecule has 1 aliphatic heterocycles. The van der Waals surface area contributed by atoms with Gasteiger partial charge in [0, 0.05) is 32.5 Å². The van der Waals surface area contributed by atoms with Gasteiger partial charge in [0.1, 0.15) is 0 Å². The second kappa shape index (κ2) is 20.3. The molecule has 0 unspecified atom stereocenters. The molecule has 1 fully saturated rings. The maximum absolute atomic E-state index is 12.5. The lowest BCUT2D eigenvalue weighted by Gasteiger charge is -2.24. The van der Waals surface area contributed by atoms with E-state index in [9.17, 15) is 14.7 Å². The molecular formula is C27H52N2O4. The fraction of sp³-hybridized carbons (Fsp3) is 0.926. The van der Waals surface area contributed by atoms with E-state index in [0.717, 1.165) is 32.1 Å². The highest BCUT2D eigenvalue weighted by molar-refractivity contribution is 5.77. The Labute approximate surface area is 203 Å². The van der Waals surface area contributed by atoms with Crippen molar-refractivity contribution in [3.05, 3.63) is 0 Å². The molecule has 2 N–H and O–H groups in total. The lowest BCUT2D eigenvalue weighted by atomic mass is 10.1. The van der Waals surface area contributed by atoms with Crippen LogP contribution in [0.4, 0.5) is 0 Å². The third kappa shape index (κ3) is 15.4. The highest BCUT2D eigenvalue weighted by Crippen LogP contribution is 2.20. The summed E-state index contributed by atoms with van der Waals surface area (Å²) in [5, 5.41) is 12.9. The van der Waals surface area contributed by atoms with Crippen LogP contribution < -0.4 is 5.32 Å². The van der Waals surface area contributed by atoms with Crippen molar-refractivity contribution in [2.75, 3.05) is 26.3 Å². The summed E-state index contributed by atoms with van der Waals surface area (Å²) in [7, 11) is 0. The van der Waals surface area contributed by atoms with Crippen LogP contribution in [0.3, 0.4) is 0 Å². The summed E-state index contributed by atoms with van der Waals surface area (Å²) >= 11 is 0. The molecule has 0 spiro atoms. The average Bonchev–Trinajstić information content (AvgIpc) is 3.18. The number of β-amino-alcohol motifs (C(OH)–C–C–N with tert-alkyl or cyclic N) is 1. The highest BCUT2D eigenvalue weighted by Gasteiger charge is 2.33. The van der Waals surface area contributed by atoms with Crippen molar-refractivity contribution in [2.45, 2.75) is 135 Å². The topological polar surface area (TPSA) is 78.9 Å². The first kappa shape index (κ1) is 29.9. The number of aliphatic hydroxyl groups excluding tert-OH is 1. The van der Waals surface area contributed by atoms with Gasteiger partial charge in [0.05, 0.1) is 18.8 Å². The van der Waals surface area contributed by atoms with Gasteiger partial charge in [0.2, 0.25) is 11.8 Å². The van der Waals surface area contributed by atoms with Gasteiger partial charge in [0.15, 0.2) is 0 Å². The maximum atomic E-state index is 12.5. The van der Waals surface area contributed by atoms with Crippen molar-refractivity contribution in [2.24, 2.45) is 0 Å². The Morgan fingerprint density at radius 2 is 1.42 bits per heavy atom. The zero-order valence-corrected chi connectivity index (χ0v) is 21.6. The average molecular weight is 469 g/mol. The van der Waals surface area contributed by atoms with E-state index >= 15 is 0 Å². The number of amides is 2. The second-order valence-corrected chi connectivity index (χ2v) is 9.70. The van der Waals surface area contributed by atoms with Gasteiger partial charge in [-0.25, -0.2) is 0 Å². The Morgan fingerprint density at radius 3 is 2.06 bits per heavy atom. The van der Waals surface area contributed by atoms with Crippen molar-refractivity contribution in [1.82, 2.24) is 10.2 Å². The smallest absolute Gasteiger partial charge is 0.222 e. The van der Waals surface area contributed by atoms with Crippen molar-refractivity contribution >= 4 is 11.8 Å². The Kier molecular flexibility index (Phi) is 18.3. The number of likely N-dealkylation sites (tertiary alicyclic amines) is 1. The number of carbonyl (C=O) groups excluding carboxylic acids is 2. The fourth-order valence-corrected chi connectivity index (χ4v) is 4.60. The second-order valence-electron chi connectivity index (χ2n) is 9.70. The Morgan fingerprint density at radius 1 is 0.848 bits per heavy atom. The van der Waals surface area contributed by atoms with Crippen LogP contribution in [0.1, 0.15) is 123 Å². The van der Waals surface area contributed by atoms with Crippen LogP contribution in [0.15, 0.2) is 0 Å². The summed E-state index contributed by atoms with van der Waals surface area (Å²) in [6, 6.07) is 0.00212. The highest BCUT2D eigenvalue weighted by atomic mass is 16.5. The van der Waals surface area contributed by atoms with Gasteiger partial charge >= 0.3 is 0 Å². The van der Waals surface area contributed by atoms with Gasteiger partial charge in [-0.05, 0) is 32.6 Å². The van der Waals surface area contributed by atoms with E-state index in [0.29, 0.717) is 45.6 Å². The number of nitrogens with zero attached hydrogens (tertiary/aromatic N) is 1.